The lowest BCUT2D eigenvalue weighted by Gasteiger charge is -2.18. The molecule has 2 aromatic rings. The number of hydrogen-bond acceptors (Lipinski definition) is 5. The van der Waals surface area contributed by atoms with E-state index in [0.717, 1.165) is 11.4 Å². The fourth-order valence-electron chi connectivity index (χ4n) is 3.04. The molecule has 0 atom stereocenters. The van der Waals surface area contributed by atoms with Gasteiger partial charge in [0, 0.05) is 24.5 Å². The van der Waals surface area contributed by atoms with Crippen LogP contribution in [0.4, 0.5) is 16.2 Å². The lowest BCUT2D eigenvalue weighted by Crippen LogP contribution is -2.37. The van der Waals surface area contributed by atoms with Crippen molar-refractivity contribution in [2.75, 3.05) is 43.6 Å². The monoisotopic (exact) mass is 397 g/mol. The third kappa shape index (κ3) is 4.84. The number of nitrogens with zero attached hydrogens (tertiary/aromatic N) is 2. The normalized spacial score (nSPS) is 13.4. The molecule has 1 saturated heterocycles. The van der Waals surface area contributed by atoms with Crippen molar-refractivity contribution >= 4 is 29.3 Å². The van der Waals surface area contributed by atoms with Crippen molar-refractivity contribution in [3.05, 3.63) is 54.1 Å². The zero-order chi connectivity index (χ0) is 20.8. The number of hydrogen-bond donors (Lipinski definition) is 1. The van der Waals surface area contributed by atoms with Crippen LogP contribution in [0.3, 0.4) is 0 Å². The summed E-state index contributed by atoms with van der Waals surface area (Å²) in [6, 6.07) is 13.4. The van der Waals surface area contributed by atoms with Crippen molar-refractivity contribution in [1.82, 2.24) is 4.90 Å². The second-order valence-corrected chi connectivity index (χ2v) is 6.40. The molecule has 0 aromatic heterocycles. The highest BCUT2D eigenvalue weighted by molar-refractivity contribution is 5.99. The maximum absolute atomic E-state index is 12.6. The number of esters is 1. The first-order chi connectivity index (χ1) is 14.0. The van der Waals surface area contributed by atoms with Gasteiger partial charge in [0.15, 0.2) is 0 Å². The van der Waals surface area contributed by atoms with Crippen LogP contribution in [0.25, 0.3) is 0 Å². The molecule has 152 valence electrons. The minimum absolute atomic E-state index is 0.0505. The number of urea groups is 1. The van der Waals surface area contributed by atoms with Crippen LogP contribution in [0.15, 0.2) is 48.5 Å². The smallest absolute Gasteiger partial charge is 0.337 e. The van der Waals surface area contributed by atoms with E-state index in [1.54, 1.807) is 29.2 Å². The molecule has 2 aromatic carbocycles. The fraction of sp³-hybridized carbons (Fsp3) is 0.286. The summed E-state index contributed by atoms with van der Waals surface area (Å²) in [6.45, 7) is 3.41. The van der Waals surface area contributed by atoms with Crippen LogP contribution in [-0.2, 0) is 9.53 Å². The molecule has 1 heterocycles. The Morgan fingerprint density at radius 2 is 1.72 bits per heavy atom. The maximum atomic E-state index is 12.6. The number of benzene rings is 2. The van der Waals surface area contributed by atoms with E-state index in [9.17, 15) is 14.4 Å². The lowest BCUT2D eigenvalue weighted by atomic mass is 10.2. The number of rotatable bonds is 7. The molecule has 8 heteroatoms. The predicted octanol–water partition coefficient (Wildman–Crippen LogP) is 2.75. The van der Waals surface area contributed by atoms with Crippen LogP contribution < -0.4 is 15.0 Å². The highest BCUT2D eigenvalue weighted by Gasteiger charge is 2.30. The van der Waals surface area contributed by atoms with Gasteiger partial charge in [-0.3, -0.25) is 9.69 Å². The largest absolute Gasteiger partial charge is 0.494 e. The van der Waals surface area contributed by atoms with Crippen molar-refractivity contribution in [1.29, 1.82) is 0 Å². The molecule has 8 nitrogen and oxygen atoms in total. The fourth-order valence-corrected chi connectivity index (χ4v) is 3.04. The molecule has 3 rings (SSSR count). The van der Waals surface area contributed by atoms with Gasteiger partial charge < -0.3 is 19.7 Å². The second kappa shape index (κ2) is 9.09. The van der Waals surface area contributed by atoms with Crippen LogP contribution >= 0.6 is 0 Å². The van der Waals surface area contributed by atoms with Gasteiger partial charge in [-0.1, -0.05) is 0 Å². The van der Waals surface area contributed by atoms with Crippen LogP contribution in [0, 0.1) is 0 Å². The topological polar surface area (TPSA) is 88.2 Å². The first kappa shape index (κ1) is 20.2. The Morgan fingerprint density at radius 3 is 2.34 bits per heavy atom. The highest BCUT2D eigenvalue weighted by Crippen LogP contribution is 2.23. The molecular formula is C21H23N3O5. The molecule has 0 unspecified atom stereocenters. The van der Waals surface area contributed by atoms with E-state index in [4.69, 9.17) is 4.74 Å². The minimum atomic E-state index is -0.445. The maximum Gasteiger partial charge on any atom is 0.337 e. The number of anilines is 2. The zero-order valence-corrected chi connectivity index (χ0v) is 16.4. The third-order valence-electron chi connectivity index (χ3n) is 4.48. The van der Waals surface area contributed by atoms with Crippen LogP contribution in [-0.4, -0.2) is 56.2 Å². The average Bonchev–Trinajstić information content (AvgIpc) is 3.09. The Labute approximate surface area is 169 Å². The molecule has 1 N–H and O–H groups in total. The summed E-state index contributed by atoms with van der Waals surface area (Å²) >= 11 is 0. The van der Waals surface area contributed by atoms with Gasteiger partial charge in [0.25, 0.3) is 0 Å². The highest BCUT2D eigenvalue weighted by atomic mass is 16.5. The summed E-state index contributed by atoms with van der Waals surface area (Å²) in [5.74, 6) is -0.00465. The summed E-state index contributed by atoms with van der Waals surface area (Å²) in [5.41, 5.74) is 1.70. The van der Waals surface area contributed by atoms with Crippen LogP contribution in [0.1, 0.15) is 17.3 Å². The van der Waals surface area contributed by atoms with Gasteiger partial charge in [-0.2, -0.15) is 0 Å². The summed E-state index contributed by atoms with van der Waals surface area (Å²) in [5, 5.41) is 2.73. The summed E-state index contributed by atoms with van der Waals surface area (Å²) in [7, 11) is 1.31. The molecule has 29 heavy (non-hydrogen) atoms. The molecule has 0 aliphatic carbocycles. The second-order valence-electron chi connectivity index (χ2n) is 6.40. The van der Waals surface area contributed by atoms with Crippen molar-refractivity contribution in [2.45, 2.75) is 6.92 Å². The number of ether oxygens (including phenoxy) is 2. The van der Waals surface area contributed by atoms with Crippen molar-refractivity contribution in [2.24, 2.45) is 0 Å². The molecule has 0 saturated carbocycles. The number of carbonyl (C=O) groups is 3. The molecule has 1 aliphatic rings. The third-order valence-corrected chi connectivity index (χ3v) is 4.48. The summed E-state index contributed by atoms with van der Waals surface area (Å²) < 4.78 is 10.1. The van der Waals surface area contributed by atoms with Crippen LogP contribution in [0.2, 0.25) is 0 Å². The summed E-state index contributed by atoms with van der Waals surface area (Å²) in [4.78, 5) is 39.5. The van der Waals surface area contributed by atoms with Gasteiger partial charge in [0.05, 0.1) is 19.3 Å². The lowest BCUT2D eigenvalue weighted by molar-refractivity contribution is -0.116. The van der Waals surface area contributed by atoms with Crippen LogP contribution in [0.5, 0.6) is 5.75 Å². The summed E-state index contributed by atoms with van der Waals surface area (Å²) in [6.07, 6.45) is 0. The van der Waals surface area contributed by atoms with E-state index in [1.807, 2.05) is 31.2 Å². The van der Waals surface area contributed by atoms with Gasteiger partial charge in [-0.15, -0.1) is 0 Å². The first-order valence-corrected chi connectivity index (χ1v) is 9.29. The number of carbonyl (C=O) groups excluding carboxylic acids is 3. The zero-order valence-electron chi connectivity index (χ0n) is 16.4. The van der Waals surface area contributed by atoms with Gasteiger partial charge >= 0.3 is 12.0 Å². The van der Waals surface area contributed by atoms with E-state index in [1.165, 1.54) is 12.0 Å². The average molecular weight is 397 g/mol. The molecule has 3 amide bonds. The first-order valence-electron chi connectivity index (χ1n) is 9.29. The van der Waals surface area contributed by atoms with E-state index >= 15 is 0 Å². The van der Waals surface area contributed by atoms with Crippen molar-refractivity contribution < 1.29 is 23.9 Å². The Morgan fingerprint density at radius 1 is 1.03 bits per heavy atom. The molecular weight excluding hydrogens is 374 g/mol. The van der Waals surface area contributed by atoms with Gasteiger partial charge in [0.1, 0.15) is 12.3 Å². The number of nitrogens with one attached hydrogen (secondary N) is 1. The van der Waals surface area contributed by atoms with Gasteiger partial charge in [-0.05, 0) is 55.5 Å². The minimum Gasteiger partial charge on any atom is -0.494 e. The molecule has 0 bridgehead atoms. The number of methoxy groups -OCH3 is 1. The molecule has 1 fully saturated rings. The molecule has 1 aliphatic heterocycles. The molecule has 0 radical (unpaired) electrons. The number of amides is 3. The predicted molar refractivity (Wildman–Crippen MR) is 108 cm³/mol. The van der Waals surface area contributed by atoms with E-state index < -0.39 is 5.97 Å². The Hall–Kier alpha value is -3.55. The van der Waals surface area contributed by atoms with E-state index in [2.05, 4.69) is 10.1 Å². The SMILES string of the molecule is CCOc1ccc(N2CCN(CC(=O)Nc3ccc(C(=O)OC)cc3)C2=O)cc1. The van der Waals surface area contributed by atoms with E-state index in [0.29, 0.717) is 30.9 Å². The molecule has 0 spiro atoms. The van der Waals surface area contributed by atoms with Crippen molar-refractivity contribution in [3.8, 4) is 5.75 Å². The van der Waals surface area contributed by atoms with E-state index in [-0.39, 0.29) is 18.5 Å². The quantitative estimate of drug-likeness (QED) is 0.726. The standard InChI is InChI=1S/C21H23N3O5/c1-3-29-18-10-8-17(9-11-18)24-13-12-23(21(24)27)14-19(25)22-16-6-4-15(5-7-16)20(26)28-2/h4-11H,3,12-14H2,1-2H3,(H,22,25). The Bertz CT molecular complexity index is 880. The van der Waals surface area contributed by atoms with Gasteiger partial charge in [0.2, 0.25) is 5.91 Å². The Balaban J connectivity index is 1.56. The van der Waals surface area contributed by atoms with Crippen molar-refractivity contribution in [3.63, 3.8) is 0 Å². The Kier molecular flexibility index (Phi) is 6.33. The van der Waals surface area contributed by atoms with Gasteiger partial charge in [-0.25, -0.2) is 9.59 Å².